The smallest absolute Gasteiger partial charge is 0.0329 e. The normalized spacial score (nSPS) is 28.9. The first kappa shape index (κ1) is 15.1. The third-order valence-electron chi connectivity index (χ3n) is 3.79. The molecule has 0 bridgehead atoms. The van der Waals surface area contributed by atoms with E-state index < -0.39 is 10.8 Å². The van der Waals surface area contributed by atoms with Crippen LogP contribution in [0.25, 0.3) is 0 Å². The molecule has 1 heterocycles. The lowest BCUT2D eigenvalue weighted by atomic mass is 9.97. The van der Waals surface area contributed by atoms with Gasteiger partial charge < -0.3 is 5.32 Å². The van der Waals surface area contributed by atoms with Gasteiger partial charge in [0.1, 0.15) is 0 Å². The van der Waals surface area contributed by atoms with Crippen molar-refractivity contribution >= 4 is 10.8 Å². The Hall–Kier alpha value is 0.0700. The first-order valence-corrected chi connectivity index (χ1v) is 8.29. The van der Waals surface area contributed by atoms with Gasteiger partial charge in [0.2, 0.25) is 0 Å². The van der Waals surface area contributed by atoms with Crippen LogP contribution in [0.5, 0.6) is 0 Å². The average Bonchev–Trinajstić information content (AvgIpc) is 2.24. The van der Waals surface area contributed by atoms with Crippen molar-refractivity contribution in [1.82, 2.24) is 10.2 Å². The van der Waals surface area contributed by atoms with Crippen LogP contribution in [-0.2, 0) is 10.8 Å². The standard InChI is InChI=1S/C13H28N2OS/c1-6-12-9-14-13(3,4)10-15(12)8-7-11(2)17(5)16/h11-12,14H,6-10H2,1-5H3. The molecule has 17 heavy (non-hydrogen) atoms. The molecular formula is C13H28N2OS. The Morgan fingerprint density at radius 3 is 2.71 bits per heavy atom. The molecular weight excluding hydrogens is 232 g/mol. The van der Waals surface area contributed by atoms with E-state index in [0.717, 1.165) is 26.1 Å². The van der Waals surface area contributed by atoms with Crippen molar-refractivity contribution in [3.63, 3.8) is 0 Å². The summed E-state index contributed by atoms with van der Waals surface area (Å²) in [6.07, 6.45) is 4.03. The van der Waals surface area contributed by atoms with E-state index in [1.54, 1.807) is 0 Å². The summed E-state index contributed by atoms with van der Waals surface area (Å²) in [7, 11) is -0.689. The molecule has 3 unspecified atom stereocenters. The Labute approximate surface area is 109 Å². The Morgan fingerprint density at radius 1 is 1.53 bits per heavy atom. The fraction of sp³-hybridized carbons (Fsp3) is 1.00. The third kappa shape index (κ3) is 4.68. The maximum absolute atomic E-state index is 11.4. The second-order valence-corrected chi connectivity index (χ2v) is 7.70. The summed E-state index contributed by atoms with van der Waals surface area (Å²) in [4.78, 5) is 2.57. The number of hydrogen-bond acceptors (Lipinski definition) is 3. The zero-order valence-electron chi connectivity index (χ0n) is 12.0. The van der Waals surface area contributed by atoms with E-state index in [1.807, 2.05) is 6.26 Å². The van der Waals surface area contributed by atoms with Crippen LogP contribution < -0.4 is 5.32 Å². The second-order valence-electron chi connectivity index (χ2n) is 5.90. The van der Waals surface area contributed by atoms with Crippen LogP contribution in [0.1, 0.15) is 40.5 Å². The summed E-state index contributed by atoms with van der Waals surface area (Å²) >= 11 is 0. The van der Waals surface area contributed by atoms with E-state index in [0.29, 0.717) is 11.3 Å². The number of hydrogen-bond donors (Lipinski definition) is 1. The molecule has 1 N–H and O–H groups in total. The van der Waals surface area contributed by atoms with Gasteiger partial charge in [-0.15, -0.1) is 0 Å². The van der Waals surface area contributed by atoms with Crippen molar-refractivity contribution in [2.45, 2.75) is 57.4 Å². The molecule has 0 aromatic rings. The van der Waals surface area contributed by atoms with Crippen molar-refractivity contribution < 1.29 is 4.21 Å². The Bertz CT molecular complexity index is 268. The van der Waals surface area contributed by atoms with Crippen molar-refractivity contribution in [2.24, 2.45) is 0 Å². The van der Waals surface area contributed by atoms with Crippen LogP contribution in [-0.4, -0.2) is 51.8 Å². The summed E-state index contributed by atoms with van der Waals surface area (Å²) < 4.78 is 11.4. The molecule has 1 aliphatic heterocycles. The van der Waals surface area contributed by atoms with Crippen LogP contribution in [0.15, 0.2) is 0 Å². The third-order valence-corrected chi connectivity index (χ3v) is 5.16. The molecule has 0 saturated carbocycles. The minimum Gasteiger partial charge on any atom is -0.309 e. The lowest BCUT2D eigenvalue weighted by molar-refractivity contribution is 0.0917. The highest BCUT2D eigenvalue weighted by Gasteiger charge is 2.31. The SMILES string of the molecule is CCC1CNC(C)(C)CN1CCC(C)S(C)=O. The van der Waals surface area contributed by atoms with Crippen LogP contribution in [0.4, 0.5) is 0 Å². The number of nitrogens with zero attached hydrogens (tertiary/aromatic N) is 1. The van der Waals surface area contributed by atoms with Gasteiger partial charge in [-0.1, -0.05) is 13.8 Å². The summed E-state index contributed by atoms with van der Waals surface area (Å²) in [6.45, 7) is 12.1. The molecule has 1 fully saturated rings. The van der Waals surface area contributed by atoms with Crippen LogP contribution in [0.2, 0.25) is 0 Å². The highest BCUT2D eigenvalue weighted by Crippen LogP contribution is 2.18. The Morgan fingerprint density at radius 2 is 2.18 bits per heavy atom. The number of nitrogens with one attached hydrogen (secondary N) is 1. The van der Waals surface area contributed by atoms with Crippen molar-refractivity contribution in [3.8, 4) is 0 Å². The predicted molar refractivity (Wildman–Crippen MR) is 75.9 cm³/mol. The minimum atomic E-state index is -0.689. The summed E-state index contributed by atoms with van der Waals surface area (Å²) in [6, 6.07) is 0.639. The molecule has 0 amide bonds. The van der Waals surface area contributed by atoms with Gasteiger partial charge in [0.05, 0.1) is 0 Å². The largest absolute Gasteiger partial charge is 0.309 e. The van der Waals surface area contributed by atoms with Crippen LogP contribution in [0, 0.1) is 0 Å². The quantitative estimate of drug-likeness (QED) is 0.815. The van der Waals surface area contributed by atoms with E-state index in [2.05, 4.69) is 37.9 Å². The predicted octanol–water partition coefficient (Wildman–Crippen LogP) is 1.61. The molecule has 3 nitrogen and oxygen atoms in total. The fourth-order valence-corrected chi connectivity index (χ4v) is 2.83. The average molecular weight is 260 g/mol. The van der Waals surface area contributed by atoms with Crippen molar-refractivity contribution in [1.29, 1.82) is 0 Å². The van der Waals surface area contributed by atoms with E-state index >= 15 is 0 Å². The van der Waals surface area contributed by atoms with Gasteiger partial charge in [0.15, 0.2) is 0 Å². The van der Waals surface area contributed by atoms with Gasteiger partial charge in [-0.2, -0.15) is 0 Å². The Balaban J connectivity index is 2.50. The molecule has 0 aliphatic carbocycles. The molecule has 3 atom stereocenters. The molecule has 4 heteroatoms. The van der Waals surface area contributed by atoms with Gasteiger partial charge in [0.25, 0.3) is 0 Å². The summed E-state index contributed by atoms with van der Waals surface area (Å²) in [5, 5.41) is 3.91. The molecule has 1 saturated heterocycles. The monoisotopic (exact) mass is 260 g/mol. The highest BCUT2D eigenvalue weighted by atomic mass is 32.2. The van der Waals surface area contributed by atoms with Gasteiger partial charge in [-0.05, 0) is 33.2 Å². The van der Waals surface area contributed by atoms with E-state index in [-0.39, 0.29) is 5.54 Å². The topological polar surface area (TPSA) is 32.3 Å². The maximum Gasteiger partial charge on any atom is 0.0329 e. The molecule has 102 valence electrons. The molecule has 0 aromatic carbocycles. The zero-order chi connectivity index (χ0) is 13.1. The molecule has 0 radical (unpaired) electrons. The maximum atomic E-state index is 11.4. The van der Waals surface area contributed by atoms with E-state index in [1.165, 1.54) is 6.42 Å². The first-order valence-electron chi connectivity index (χ1n) is 6.67. The van der Waals surface area contributed by atoms with Gasteiger partial charge in [-0.3, -0.25) is 9.11 Å². The van der Waals surface area contributed by atoms with E-state index in [9.17, 15) is 4.21 Å². The van der Waals surface area contributed by atoms with Gasteiger partial charge in [0, 0.05) is 47.0 Å². The summed E-state index contributed by atoms with van der Waals surface area (Å²) in [5.41, 5.74) is 0.209. The van der Waals surface area contributed by atoms with Crippen LogP contribution in [0.3, 0.4) is 0 Å². The zero-order valence-corrected chi connectivity index (χ0v) is 12.8. The summed E-state index contributed by atoms with van der Waals surface area (Å²) in [5.74, 6) is 0. The fourth-order valence-electron chi connectivity index (χ4n) is 2.39. The lowest BCUT2D eigenvalue weighted by Gasteiger charge is -2.44. The lowest BCUT2D eigenvalue weighted by Crippen LogP contribution is -2.61. The molecule has 1 rings (SSSR count). The highest BCUT2D eigenvalue weighted by molar-refractivity contribution is 7.84. The Kier molecular flexibility index (Phi) is 5.61. The number of rotatable bonds is 5. The van der Waals surface area contributed by atoms with Gasteiger partial charge in [-0.25, -0.2) is 0 Å². The van der Waals surface area contributed by atoms with Gasteiger partial charge >= 0.3 is 0 Å². The first-order chi connectivity index (χ1) is 7.85. The molecule has 0 spiro atoms. The molecule has 0 aromatic heterocycles. The number of piperazine rings is 1. The molecule has 1 aliphatic rings. The second kappa shape index (κ2) is 6.30. The minimum absolute atomic E-state index is 0.209. The van der Waals surface area contributed by atoms with Crippen molar-refractivity contribution in [3.05, 3.63) is 0 Å². The van der Waals surface area contributed by atoms with E-state index in [4.69, 9.17) is 0 Å². The van der Waals surface area contributed by atoms with Crippen molar-refractivity contribution in [2.75, 3.05) is 25.9 Å². The van der Waals surface area contributed by atoms with Crippen LogP contribution >= 0.6 is 0 Å².